The van der Waals surface area contributed by atoms with Crippen LogP contribution >= 0.6 is 0 Å². The summed E-state index contributed by atoms with van der Waals surface area (Å²) in [5.41, 5.74) is 0.554. The van der Waals surface area contributed by atoms with E-state index >= 15 is 0 Å². The van der Waals surface area contributed by atoms with Crippen LogP contribution < -0.4 is 5.32 Å². The third-order valence-electron chi connectivity index (χ3n) is 6.80. The zero-order valence-corrected chi connectivity index (χ0v) is 18.4. The summed E-state index contributed by atoms with van der Waals surface area (Å²) < 4.78 is 27.2. The lowest BCUT2D eigenvalue weighted by atomic mass is 10.0. The van der Waals surface area contributed by atoms with E-state index in [0.717, 1.165) is 38.5 Å². The molecule has 4 rings (SSSR count). The molecule has 8 heteroatoms. The van der Waals surface area contributed by atoms with Crippen molar-refractivity contribution in [2.75, 3.05) is 25.0 Å². The molecule has 30 heavy (non-hydrogen) atoms. The van der Waals surface area contributed by atoms with E-state index in [1.807, 2.05) is 4.90 Å². The molecular weight excluding hydrogens is 402 g/mol. The standard InChI is InChI=1S/C22H31N3O4S/c1-16-10-12-24(13-11-16)30(28,29)20-8-6-18(7-9-20)23-22(27)17-14-21(26)25(15-17)19-4-2-3-5-19/h6-9,16-17,19H,2-5,10-15H2,1H3,(H,23,27)/t17-/m0/s1. The molecule has 2 saturated heterocycles. The first-order chi connectivity index (χ1) is 14.3. The molecule has 3 fully saturated rings. The van der Waals surface area contributed by atoms with Crippen LogP contribution in [0.1, 0.15) is 51.9 Å². The van der Waals surface area contributed by atoms with Gasteiger partial charge in [-0.25, -0.2) is 8.42 Å². The number of amides is 2. The van der Waals surface area contributed by atoms with Crippen LogP contribution in [0.4, 0.5) is 5.69 Å². The zero-order chi connectivity index (χ0) is 21.3. The van der Waals surface area contributed by atoms with Gasteiger partial charge in [0.15, 0.2) is 0 Å². The van der Waals surface area contributed by atoms with E-state index in [9.17, 15) is 18.0 Å². The lowest BCUT2D eigenvalue weighted by Crippen LogP contribution is -2.37. The van der Waals surface area contributed by atoms with Crippen molar-refractivity contribution in [2.45, 2.75) is 62.8 Å². The summed E-state index contributed by atoms with van der Waals surface area (Å²) in [6.45, 7) is 3.73. The second kappa shape index (κ2) is 8.67. The largest absolute Gasteiger partial charge is 0.339 e. The summed E-state index contributed by atoms with van der Waals surface area (Å²) in [6.07, 6.45) is 6.38. The van der Waals surface area contributed by atoms with E-state index in [1.54, 1.807) is 28.6 Å². The van der Waals surface area contributed by atoms with Gasteiger partial charge in [-0.05, 0) is 55.9 Å². The third kappa shape index (κ3) is 4.39. The van der Waals surface area contributed by atoms with E-state index in [-0.39, 0.29) is 35.1 Å². The molecule has 2 aliphatic heterocycles. The van der Waals surface area contributed by atoms with Crippen LogP contribution in [0.5, 0.6) is 0 Å². The first kappa shape index (κ1) is 21.3. The number of piperidine rings is 1. The van der Waals surface area contributed by atoms with E-state index in [0.29, 0.717) is 31.2 Å². The molecule has 0 spiro atoms. The fourth-order valence-electron chi connectivity index (χ4n) is 4.80. The Morgan fingerprint density at radius 2 is 1.67 bits per heavy atom. The van der Waals surface area contributed by atoms with Gasteiger partial charge < -0.3 is 10.2 Å². The van der Waals surface area contributed by atoms with Crippen molar-refractivity contribution < 1.29 is 18.0 Å². The molecule has 1 saturated carbocycles. The molecule has 1 N–H and O–H groups in total. The Morgan fingerprint density at radius 1 is 1.03 bits per heavy atom. The second-order valence-corrected chi connectivity index (χ2v) is 10.9. The minimum Gasteiger partial charge on any atom is -0.339 e. The van der Waals surface area contributed by atoms with Gasteiger partial charge >= 0.3 is 0 Å². The van der Waals surface area contributed by atoms with Crippen LogP contribution in [-0.4, -0.2) is 55.1 Å². The second-order valence-electron chi connectivity index (χ2n) is 8.99. The Kier molecular flexibility index (Phi) is 6.16. The molecule has 2 heterocycles. The first-order valence-corrected chi connectivity index (χ1v) is 12.5. The van der Waals surface area contributed by atoms with Gasteiger partial charge in [0.2, 0.25) is 21.8 Å². The lowest BCUT2D eigenvalue weighted by Gasteiger charge is -2.29. The molecular formula is C22H31N3O4S. The fourth-order valence-corrected chi connectivity index (χ4v) is 6.27. The van der Waals surface area contributed by atoms with Crippen molar-refractivity contribution in [3.63, 3.8) is 0 Å². The summed E-state index contributed by atoms with van der Waals surface area (Å²) in [6, 6.07) is 6.64. The number of hydrogen-bond donors (Lipinski definition) is 1. The number of sulfonamides is 1. The van der Waals surface area contributed by atoms with Crippen molar-refractivity contribution in [3.8, 4) is 0 Å². The van der Waals surface area contributed by atoms with Crippen molar-refractivity contribution in [2.24, 2.45) is 11.8 Å². The molecule has 1 aromatic carbocycles. The molecule has 1 atom stereocenters. The van der Waals surface area contributed by atoms with Crippen molar-refractivity contribution >= 4 is 27.5 Å². The Labute approximate surface area is 178 Å². The average molecular weight is 434 g/mol. The molecule has 0 unspecified atom stereocenters. The quantitative estimate of drug-likeness (QED) is 0.774. The highest BCUT2D eigenvalue weighted by Crippen LogP contribution is 2.30. The highest BCUT2D eigenvalue weighted by Gasteiger charge is 2.38. The molecule has 7 nitrogen and oxygen atoms in total. The highest BCUT2D eigenvalue weighted by molar-refractivity contribution is 7.89. The number of carbonyl (C=O) groups is 2. The summed E-state index contributed by atoms with van der Waals surface area (Å²) in [4.78, 5) is 27.1. The maximum Gasteiger partial charge on any atom is 0.243 e. The SMILES string of the molecule is CC1CCN(S(=O)(=O)c2ccc(NC(=O)[C@H]3CC(=O)N(C4CCCC4)C3)cc2)CC1. The van der Waals surface area contributed by atoms with Gasteiger partial charge in [-0.1, -0.05) is 19.8 Å². The number of nitrogens with zero attached hydrogens (tertiary/aromatic N) is 2. The van der Waals surface area contributed by atoms with Gasteiger partial charge in [0.05, 0.1) is 10.8 Å². The Morgan fingerprint density at radius 3 is 2.30 bits per heavy atom. The number of rotatable bonds is 5. The summed E-state index contributed by atoms with van der Waals surface area (Å²) in [7, 11) is -3.50. The minimum absolute atomic E-state index is 0.0688. The number of nitrogens with one attached hydrogen (secondary N) is 1. The van der Waals surface area contributed by atoms with Crippen molar-refractivity contribution in [3.05, 3.63) is 24.3 Å². The van der Waals surface area contributed by atoms with Crippen LogP contribution in [0.3, 0.4) is 0 Å². The highest BCUT2D eigenvalue weighted by atomic mass is 32.2. The number of anilines is 1. The molecule has 0 aromatic heterocycles. The molecule has 164 valence electrons. The topological polar surface area (TPSA) is 86.8 Å². The molecule has 0 radical (unpaired) electrons. The van der Waals surface area contributed by atoms with Crippen LogP contribution in [-0.2, 0) is 19.6 Å². The predicted octanol–water partition coefficient (Wildman–Crippen LogP) is 2.84. The lowest BCUT2D eigenvalue weighted by molar-refractivity contribution is -0.129. The monoisotopic (exact) mass is 433 g/mol. The van der Waals surface area contributed by atoms with Crippen LogP contribution in [0, 0.1) is 11.8 Å². The number of likely N-dealkylation sites (tertiary alicyclic amines) is 1. The molecule has 1 aliphatic carbocycles. The van der Waals surface area contributed by atoms with Crippen molar-refractivity contribution in [1.82, 2.24) is 9.21 Å². The molecule has 2 amide bonds. The third-order valence-corrected chi connectivity index (χ3v) is 8.71. The molecule has 3 aliphatic rings. The van der Waals surface area contributed by atoms with Crippen LogP contribution in [0.15, 0.2) is 29.2 Å². The molecule has 0 bridgehead atoms. The van der Waals surface area contributed by atoms with E-state index in [4.69, 9.17) is 0 Å². The van der Waals surface area contributed by atoms with E-state index < -0.39 is 10.0 Å². The fraction of sp³-hybridized carbons (Fsp3) is 0.636. The van der Waals surface area contributed by atoms with Gasteiger partial charge in [0.1, 0.15) is 0 Å². The summed E-state index contributed by atoms with van der Waals surface area (Å²) in [5, 5.41) is 2.85. The molecule has 1 aromatic rings. The minimum atomic E-state index is -3.50. The normalized spacial score (nSPS) is 24.5. The summed E-state index contributed by atoms with van der Waals surface area (Å²) >= 11 is 0. The zero-order valence-electron chi connectivity index (χ0n) is 17.5. The number of hydrogen-bond acceptors (Lipinski definition) is 4. The Bertz CT molecular complexity index is 885. The van der Waals surface area contributed by atoms with Gasteiger partial charge in [-0.3, -0.25) is 9.59 Å². The van der Waals surface area contributed by atoms with Gasteiger partial charge in [-0.15, -0.1) is 0 Å². The van der Waals surface area contributed by atoms with Crippen molar-refractivity contribution in [1.29, 1.82) is 0 Å². The van der Waals surface area contributed by atoms with Gasteiger partial charge in [-0.2, -0.15) is 4.31 Å². The summed E-state index contributed by atoms with van der Waals surface area (Å²) in [5.74, 6) is 0.0989. The van der Waals surface area contributed by atoms with Gasteiger partial charge in [0, 0.05) is 37.8 Å². The first-order valence-electron chi connectivity index (χ1n) is 11.0. The Hall–Kier alpha value is -1.93. The maximum absolute atomic E-state index is 12.8. The van der Waals surface area contributed by atoms with Crippen LogP contribution in [0.25, 0.3) is 0 Å². The smallest absolute Gasteiger partial charge is 0.243 e. The predicted molar refractivity (Wildman–Crippen MR) is 114 cm³/mol. The van der Waals surface area contributed by atoms with Gasteiger partial charge in [0.25, 0.3) is 0 Å². The van der Waals surface area contributed by atoms with Crippen LogP contribution in [0.2, 0.25) is 0 Å². The maximum atomic E-state index is 12.8. The number of carbonyl (C=O) groups excluding carboxylic acids is 2. The van der Waals surface area contributed by atoms with E-state index in [2.05, 4.69) is 12.2 Å². The average Bonchev–Trinajstić information content (AvgIpc) is 3.38. The Balaban J connectivity index is 1.36. The van der Waals surface area contributed by atoms with E-state index in [1.165, 1.54) is 0 Å². The number of benzene rings is 1.